The normalized spacial score (nSPS) is 31.1. The predicted octanol–water partition coefficient (Wildman–Crippen LogP) is 4.19. The largest absolute Gasteiger partial charge is 0.482 e. The second-order valence-corrected chi connectivity index (χ2v) is 12.8. The van der Waals surface area contributed by atoms with Crippen LogP contribution >= 0.6 is 22.6 Å². The molecule has 0 aromatic heterocycles. The maximum absolute atomic E-state index is 14.1. The van der Waals surface area contributed by atoms with Crippen LogP contribution in [0, 0.1) is 21.3 Å². The summed E-state index contributed by atoms with van der Waals surface area (Å²) < 4.78 is 7.22. The van der Waals surface area contributed by atoms with Gasteiger partial charge in [-0.05, 0) is 90.7 Å². The van der Waals surface area contributed by atoms with Gasteiger partial charge in [0.15, 0.2) is 0 Å². The standard InChI is InChI=1S/C30H41IN2O5/c31-24-8-4-5-9-26(24)38-27-17-22(30(37)32-12-13-34)16-25(29(27)36)33(23-6-2-1-3-7-23)28(35)18-21-15-19-10-11-20(21)14-19/h4-5,8-9,17,19-21,23,25,27,29,34,36H,1-3,6-7,10-16,18H2,(H,32,37)/t19?,20?,21?,25-,27+,29+/m1/s1. The summed E-state index contributed by atoms with van der Waals surface area (Å²) in [6.45, 7) is 0.00442. The Kier molecular flexibility index (Phi) is 9.31. The number of nitrogens with zero attached hydrogens (tertiary/aromatic N) is 1. The number of aliphatic hydroxyl groups excluding tert-OH is 2. The molecule has 208 valence electrons. The third kappa shape index (κ3) is 6.22. The molecule has 4 aliphatic carbocycles. The van der Waals surface area contributed by atoms with E-state index in [4.69, 9.17) is 4.74 Å². The van der Waals surface area contributed by atoms with Crippen LogP contribution in [0.2, 0.25) is 0 Å². The molecule has 1 aromatic carbocycles. The van der Waals surface area contributed by atoms with Crippen LogP contribution in [0.15, 0.2) is 35.9 Å². The fourth-order valence-corrected chi connectivity index (χ4v) is 7.92. The van der Waals surface area contributed by atoms with Gasteiger partial charge in [-0.25, -0.2) is 0 Å². The predicted molar refractivity (Wildman–Crippen MR) is 153 cm³/mol. The molecule has 0 heterocycles. The number of hydrogen-bond acceptors (Lipinski definition) is 5. The van der Waals surface area contributed by atoms with Crippen molar-refractivity contribution in [3.63, 3.8) is 0 Å². The summed E-state index contributed by atoms with van der Waals surface area (Å²) in [5.41, 5.74) is 0.498. The molecule has 0 radical (unpaired) electrons. The number of para-hydroxylation sites is 1. The Labute approximate surface area is 239 Å². The van der Waals surface area contributed by atoms with Crippen LogP contribution in [-0.4, -0.2) is 64.4 Å². The first kappa shape index (κ1) is 27.9. The van der Waals surface area contributed by atoms with Crippen LogP contribution in [-0.2, 0) is 9.59 Å². The highest BCUT2D eigenvalue weighted by Crippen LogP contribution is 2.50. The highest BCUT2D eigenvalue weighted by Gasteiger charge is 2.45. The topological polar surface area (TPSA) is 99.1 Å². The number of fused-ring (bicyclic) bond motifs is 2. The van der Waals surface area contributed by atoms with Crippen molar-refractivity contribution in [1.82, 2.24) is 10.2 Å². The Hall–Kier alpha value is -1.65. The van der Waals surface area contributed by atoms with E-state index in [-0.39, 0.29) is 37.4 Å². The van der Waals surface area contributed by atoms with Crippen LogP contribution in [0.5, 0.6) is 5.75 Å². The summed E-state index contributed by atoms with van der Waals surface area (Å²) in [6, 6.07) is 7.15. The molecule has 0 aliphatic heterocycles. The van der Waals surface area contributed by atoms with Crippen LogP contribution in [0.25, 0.3) is 0 Å². The first-order valence-electron chi connectivity index (χ1n) is 14.4. The summed E-state index contributed by atoms with van der Waals surface area (Å²) in [4.78, 5) is 29.2. The number of benzene rings is 1. The number of carbonyl (C=O) groups is 2. The Balaban J connectivity index is 1.43. The molecule has 2 amide bonds. The van der Waals surface area contributed by atoms with Gasteiger partial charge >= 0.3 is 0 Å². The van der Waals surface area contributed by atoms with Crippen molar-refractivity contribution >= 4 is 34.4 Å². The first-order valence-corrected chi connectivity index (χ1v) is 15.5. The molecule has 6 atom stereocenters. The number of amides is 2. The van der Waals surface area contributed by atoms with E-state index in [9.17, 15) is 19.8 Å². The Morgan fingerprint density at radius 2 is 1.87 bits per heavy atom. The molecule has 3 fully saturated rings. The molecule has 0 spiro atoms. The molecule has 3 unspecified atom stereocenters. The summed E-state index contributed by atoms with van der Waals surface area (Å²) in [5, 5.41) is 23.7. The number of nitrogens with one attached hydrogen (secondary N) is 1. The van der Waals surface area contributed by atoms with E-state index in [0.717, 1.165) is 41.6 Å². The van der Waals surface area contributed by atoms with Crippen molar-refractivity contribution in [1.29, 1.82) is 0 Å². The SMILES string of the molecule is O=C(NCCO)C1=C[C@H](Oc2ccccc2I)[C@@H](O)[C@H](N(C(=O)CC2CC3CCC2C3)C2CCCCC2)C1. The fraction of sp³-hybridized carbons (Fsp3) is 0.667. The molecule has 3 saturated carbocycles. The smallest absolute Gasteiger partial charge is 0.247 e. The molecule has 0 saturated heterocycles. The fourth-order valence-electron chi connectivity index (χ4n) is 7.41. The van der Waals surface area contributed by atoms with Gasteiger partial charge in [-0.1, -0.05) is 37.8 Å². The van der Waals surface area contributed by atoms with Crippen molar-refractivity contribution in [3.8, 4) is 5.75 Å². The highest BCUT2D eigenvalue weighted by atomic mass is 127. The maximum Gasteiger partial charge on any atom is 0.247 e. The quantitative estimate of drug-likeness (QED) is 0.354. The van der Waals surface area contributed by atoms with Crippen LogP contribution in [0.1, 0.15) is 70.6 Å². The zero-order valence-electron chi connectivity index (χ0n) is 22.1. The minimum atomic E-state index is -0.952. The molecule has 1 aromatic rings. The van der Waals surface area contributed by atoms with Gasteiger partial charge in [-0.2, -0.15) is 0 Å². The van der Waals surface area contributed by atoms with Crippen molar-refractivity contribution < 1.29 is 24.5 Å². The van der Waals surface area contributed by atoms with E-state index >= 15 is 0 Å². The van der Waals surface area contributed by atoms with Gasteiger partial charge in [0.25, 0.3) is 0 Å². The Bertz CT molecular complexity index is 1030. The molecule has 2 bridgehead atoms. The second-order valence-electron chi connectivity index (χ2n) is 11.7. The number of aliphatic hydroxyl groups is 2. The Morgan fingerprint density at radius 3 is 2.55 bits per heavy atom. The number of ether oxygens (including phenoxy) is 1. The van der Waals surface area contributed by atoms with Crippen molar-refractivity contribution in [2.45, 2.75) is 94.9 Å². The van der Waals surface area contributed by atoms with Gasteiger partial charge in [0, 0.05) is 31.0 Å². The summed E-state index contributed by atoms with van der Waals surface area (Å²) in [5.74, 6) is 2.36. The molecule has 7 nitrogen and oxygen atoms in total. The number of rotatable bonds is 9. The zero-order valence-corrected chi connectivity index (χ0v) is 24.2. The van der Waals surface area contributed by atoms with Crippen LogP contribution in [0.4, 0.5) is 0 Å². The number of hydrogen-bond donors (Lipinski definition) is 3. The van der Waals surface area contributed by atoms with Crippen LogP contribution in [0.3, 0.4) is 0 Å². The van der Waals surface area contributed by atoms with Crippen molar-refractivity contribution in [2.24, 2.45) is 17.8 Å². The van der Waals surface area contributed by atoms with E-state index in [0.29, 0.717) is 29.6 Å². The molecule has 4 aliphatic rings. The molecular formula is C30H41IN2O5. The van der Waals surface area contributed by atoms with E-state index in [1.165, 1.54) is 25.7 Å². The maximum atomic E-state index is 14.1. The minimum absolute atomic E-state index is 0.0758. The minimum Gasteiger partial charge on any atom is -0.482 e. The van der Waals surface area contributed by atoms with Gasteiger partial charge in [-0.3, -0.25) is 9.59 Å². The average Bonchev–Trinajstić information content (AvgIpc) is 3.55. The van der Waals surface area contributed by atoms with Gasteiger partial charge in [0.05, 0.1) is 16.2 Å². The number of halogens is 1. The lowest BCUT2D eigenvalue weighted by Crippen LogP contribution is -2.58. The van der Waals surface area contributed by atoms with Gasteiger partial charge in [0.1, 0.15) is 18.0 Å². The van der Waals surface area contributed by atoms with Crippen molar-refractivity contribution in [2.75, 3.05) is 13.2 Å². The lowest BCUT2D eigenvalue weighted by Gasteiger charge is -2.45. The van der Waals surface area contributed by atoms with E-state index < -0.39 is 18.2 Å². The first-order chi connectivity index (χ1) is 18.4. The van der Waals surface area contributed by atoms with Gasteiger partial charge < -0.3 is 25.2 Å². The summed E-state index contributed by atoms with van der Waals surface area (Å²) in [7, 11) is 0. The Morgan fingerprint density at radius 1 is 1.08 bits per heavy atom. The third-order valence-electron chi connectivity index (χ3n) is 9.25. The van der Waals surface area contributed by atoms with Crippen molar-refractivity contribution in [3.05, 3.63) is 39.5 Å². The lowest BCUT2D eigenvalue weighted by atomic mass is 9.83. The molecule has 3 N–H and O–H groups in total. The summed E-state index contributed by atoms with van der Waals surface area (Å²) >= 11 is 2.20. The molecule has 8 heteroatoms. The second kappa shape index (κ2) is 12.7. The monoisotopic (exact) mass is 636 g/mol. The molecule has 38 heavy (non-hydrogen) atoms. The number of carbonyl (C=O) groups excluding carboxylic acids is 2. The lowest BCUT2D eigenvalue weighted by molar-refractivity contribution is -0.144. The van der Waals surface area contributed by atoms with Gasteiger partial charge in [0.2, 0.25) is 11.8 Å². The van der Waals surface area contributed by atoms with Gasteiger partial charge in [-0.15, -0.1) is 0 Å². The molecular weight excluding hydrogens is 595 g/mol. The van der Waals surface area contributed by atoms with E-state index in [1.807, 2.05) is 29.2 Å². The van der Waals surface area contributed by atoms with E-state index in [2.05, 4.69) is 27.9 Å². The van der Waals surface area contributed by atoms with Crippen LogP contribution < -0.4 is 10.1 Å². The van der Waals surface area contributed by atoms with E-state index in [1.54, 1.807) is 6.08 Å². The zero-order chi connectivity index (χ0) is 26.6. The third-order valence-corrected chi connectivity index (χ3v) is 10.1. The highest BCUT2D eigenvalue weighted by molar-refractivity contribution is 14.1. The average molecular weight is 637 g/mol. The summed E-state index contributed by atoms with van der Waals surface area (Å²) in [6.07, 6.45) is 11.0. The molecule has 5 rings (SSSR count).